The highest BCUT2D eigenvalue weighted by molar-refractivity contribution is 8.00. The van der Waals surface area contributed by atoms with Crippen molar-refractivity contribution >= 4 is 35.0 Å². The molecule has 2 amide bonds. The van der Waals surface area contributed by atoms with E-state index in [1.165, 1.54) is 25.7 Å². The van der Waals surface area contributed by atoms with Crippen LogP contribution in [0.15, 0.2) is 53.4 Å². The van der Waals surface area contributed by atoms with E-state index in [2.05, 4.69) is 11.4 Å². The number of carbonyl (C=O) groups excluding carboxylic acids is 2. The second-order valence-electron chi connectivity index (χ2n) is 7.17. The second-order valence-corrected chi connectivity index (χ2v) is 8.51. The quantitative estimate of drug-likeness (QED) is 0.785. The van der Waals surface area contributed by atoms with Crippen molar-refractivity contribution in [2.24, 2.45) is 0 Å². The van der Waals surface area contributed by atoms with Gasteiger partial charge in [-0.25, -0.2) is 0 Å². The summed E-state index contributed by atoms with van der Waals surface area (Å²) in [5.41, 5.74) is 2.34. The van der Waals surface area contributed by atoms with Crippen LogP contribution >= 0.6 is 11.8 Å². The first-order valence-corrected chi connectivity index (χ1v) is 10.6. The highest BCUT2D eigenvalue weighted by atomic mass is 32.2. The number of carbonyl (C=O) groups is 2. The molecule has 0 radical (unpaired) electrons. The molecule has 2 aliphatic rings. The summed E-state index contributed by atoms with van der Waals surface area (Å²) in [6.45, 7) is 0.760. The van der Waals surface area contributed by atoms with Gasteiger partial charge in [-0.05, 0) is 55.7 Å². The van der Waals surface area contributed by atoms with E-state index in [4.69, 9.17) is 0 Å². The van der Waals surface area contributed by atoms with E-state index >= 15 is 0 Å². The minimum Gasteiger partial charge on any atom is -0.321 e. The van der Waals surface area contributed by atoms with E-state index in [0.717, 1.165) is 29.2 Å². The molecule has 2 aromatic rings. The zero-order chi connectivity index (χ0) is 18.6. The minimum atomic E-state index is -0.117. The fourth-order valence-electron chi connectivity index (χ4n) is 3.77. The van der Waals surface area contributed by atoms with Gasteiger partial charge in [0.15, 0.2) is 0 Å². The molecule has 27 heavy (non-hydrogen) atoms. The highest BCUT2D eigenvalue weighted by Gasteiger charge is 2.22. The van der Waals surface area contributed by atoms with E-state index in [1.54, 1.807) is 17.0 Å². The lowest BCUT2D eigenvalue weighted by atomic mass is 10.1. The normalized spacial score (nSPS) is 17.5. The van der Waals surface area contributed by atoms with Crippen LogP contribution in [-0.2, 0) is 4.79 Å². The number of rotatable bonds is 5. The maximum Gasteiger partial charge on any atom is 0.255 e. The smallest absolute Gasteiger partial charge is 0.255 e. The monoisotopic (exact) mass is 380 g/mol. The third-order valence-electron chi connectivity index (χ3n) is 5.25. The summed E-state index contributed by atoms with van der Waals surface area (Å²) in [5, 5.41) is 3.71. The molecule has 0 atom stereocenters. The van der Waals surface area contributed by atoms with Crippen molar-refractivity contribution < 1.29 is 9.59 Å². The number of nitrogens with one attached hydrogen (secondary N) is 1. The van der Waals surface area contributed by atoms with Crippen molar-refractivity contribution in [3.8, 4) is 0 Å². The lowest BCUT2D eigenvalue weighted by Gasteiger charge is -2.16. The molecule has 1 aliphatic heterocycles. The summed E-state index contributed by atoms with van der Waals surface area (Å²) in [5.74, 6) is 0.0406. The third-order valence-corrected chi connectivity index (χ3v) is 6.66. The SMILES string of the molecule is O=C(Nc1ccccc1SC1CCCC1)c1ccc(N2CCCC2=O)cc1. The maximum atomic E-state index is 12.7. The van der Waals surface area contributed by atoms with Crippen LogP contribution in [-0.4, -0.2) is 23.6 Å². The number of hydrogen-bond donors (Lipinski definition) is 1. The molecule has 4 rings (SSSR count). The number of hydrogen-bond acceptors (Lipinski definition) is 3. The highest BCUT2D eigenvalue weighted by Crippen LogP contribution is 2.38. The predicted molar refractivity (Wildman–Crippen MR) is 111 cm³/mol. The first-order chi connectivity index (χ1) is 13.2. The van der Waals surface area contributed by atoms with Crippen molar-refractivity contribution in [3.63, 3.8) is 0 Å². The third kappa shape index (κ3) is 4.19. The van der Waals surface area contributed by atoms with E-state index in [-0.39, 0.29) is 11.8 Å². The van der Waals surface area contributed by atoms with Crippen molar-refractivity contribution in [1.82, 2.24) is 0 Å². The Kier molecular flexibility index (Phi) is 5.48. The Morgan fingerprint density at radius 1 is 1.00 bits per heavy atom. The zero-order valence-electron chi connectivity index (χ0n) is 15.3. The van der Waals surface area contributed by atoms with Gasteiger partial charge in [0, 0.05) is 34.4 Å². The minimum absolute atomic E-state index is 0.117. The van der Waals surface area contributed by atoms with Crippen LogP contribution in [0.3, 0.4) is 0 Å². The van der Waals surface area contributed by atoms with Crippen LogP contribution in [0.1, 0.15) is 48.9 Å². The van der Waals surface area contributed by atoms with Crippen LogP contribution in [0.5, 0.6) is 0 Å². The van der Waals surface area contributed by atoms with Crippen LogP contribution in [0, 0.1) is 0 Å². The van der Waals surface area contributed by atoms with Gasteiger partial charge in [0.2, 0.25) is 5.91 Å². The molecule has 2 aromatic carbocycles. The Balaban J connectivity index is 1.45. The summed E-state index contributed by atoms with van der Waals surface area (Å²) in [6.07, 6.45) is 6.62. The van der Waals surface area contributed by atoms with Gasteiger partial charge in [0.1, 0.15) is 0 Å². The van der Waals surface area contributed by atoms with Gasteiger partial charge in [0.05, 0.1) is 5.69 Å². The summed E-state index contributed by atoms with van der Waals surface area (Å²) >= 11 is 1.88. The molecule has 4 nitrogen and oxygen atoms in total. The first kappa shape index (κ1) is 18.1. The predicted octanol–water partition coefficient (Wildman–Crippen LogP) is 5.10. The molecule has 5 heteroatoms. The lowest BCUT2D eigenvalue weighted by molar-refractivity contribution is -0.117. The van der Waals surface area contributed by atoms with E-state index in [0.29, 0.717) is 17.2 Å². The van der Waals surface area contributed by atoms with Crippen molar-refractivity contribution in [3.05, 3.63) is 54.1 Å². The van der Waals surface area contributed by atoms with E-state index < -0.39 is 0 Å². The van der Waals surface area contributed by atoms with Crippen molar-refractivity contribution in [1.29, 1.82) is 0 Å². The largest absolute Gasteiger partial charge is 0.321 e. The van der Waals surface area contributed by atoms with Gasteiger partial charge >= 0.3 is 0 Å². The standard InChI is InChI=1S/C22H24N2O2S/c25-21-10-5-15-24(21)17-13-11-16(12-14-17)22(26)23-19-8-3-4-9-20(19)27-18-6-1-2-7-18/h3-4,8-9,11-14,18H,1-2,5-7,10,15H2,(H,23,26). The van der Waals surface area contributed by atoms with Gasteiger partial charge in [-0.3, -0.25) is 9.59 Å². The average Bonchev–Trinajstić information content (AvgIpc) is 3.35. The van der Waals surface area contributed by atoms with Gasteiger partial charge in [-0.15, -0.1) is 11.8 Å². The van der Waals surface area contributed by atoms with E-state index in [9.17, 15) is 9.59 Å². The Bertz CT molecular complexity index is 828. The number of benzene rings is 2. The Labute approximate surface area is 164 Å². The number of nitrogens with zero attached hydrogens (tertiary/aromatic N) is 1. The van der Waals surface area contributed by atoms with Gasteiger partial charge in [0.25, 0.3) is 5.91 Å². The molecular formula is C22H24N2O2S. The van der Waals surface area contributed by atoms with Crippen LogP contribution in [0.2, 0.25) is 0 Å². The van der Waals surface area contributed by atoms with Crippen LogP contribution in [0.25, 0.3) is 0 Å². The van der Waals surface area contributed by atoms with Crippen molar-refractivity contribution in [2.75, 3.05) is 16.8 Å². The molecule has 0 unspecified atom stereocenters. The average molecular weight is 381 g/mol. The first-order valence-electron chi connectivity index (χ1n) is 9.68. The topological polar surface area (TPSA) is 49.4 Å². The molecule has 1 saturated carbocycles. The van der Waals surface area contributed by atoms with Gasteiger partial charge in [-0.1, -0.05) is 25.0 Å². The van der Waals surface area contributed by atoms with Gasteiger partial charge in [-0.2, -0.15) is 0 Å². The molecule has 0 aromatic heterocycles. The maximum absolute atomic E-state index is 12.7. The number of amides is 2. The Hall–Kier alpha value is -2.27. The Morgan fingerprint density at radius 2 is 1.74 bits per heavy atom. The summed E-state index contributed by atoms with van der Waals surface area (Å²) in [6, 6.07) is 15.3. The molecule has 0 bridgehead atoms. The molecule has 2 fully saturated rings. The number of para-hydroxylation sites is 1. The van der Waals surface area contributed by atoms with Crippen LogP contribution in [0.4, 0.5) is 11.4 Å². The van der Waals surface area contributed by atoms with E-state index in [1.807, 2.05) is 42.1 Å². The molecule has 140 valence electrons. The zero-order valence-corrected chi connectivity index (χ0v) is 16.1. The van der Waals surface area contributed by atoms with Crippen LogP contribution < -0.4 is 10.2 Å². The summed E-state index contributed by atoms with van der Waals surface area (Å²) < 4.78 is 0. The molecule has 1 saturated heterocycles. The molecular weight excluding hydrogens is 356 g/mol. The Morgan fingerprint density at radius 3 is 2.44 bits per heavy atom. The molecule has 0 spiro atoms. The number of anilines is 2. The summed E-state index contributed by atoms with van der Waals surface area (Å²) in [7, 11) is 0. The second kappa shape index (κ2) is 8.17. The number of thioether (sulfide) groups is 1. The summed E-state index contributed by atoms with van der Waals surface area (Å²) in [4.78, 5) is 27.5. The lowest BCUT2D eigenvalue weighted by Crippen LogP contribution is -2.23. The molecule has 1 aliphatic carbocycles. The van der Waals surface area contributed by atoms with Crippen molar-refractivity contribution in [2.45, 2.75) is 48.7 Å². The fraction of sp³-hybridized carbons (Fsp3) is 0.364. The fourth-order valence-corrected chi connectivity index (χ4v) is 5.10. The van der Waals surface area contributed by atoms with Gasteiger partial charge < -0.3 is 10.2 Å². The molecule has 1 heterocycles. The molecule has 1 N–H and O–H groups in total.